The zero-order valence-corrected chi connectivity index (χ0v) is 14.7. The highest BCUT2D eigenvalue weighted by molar-refractivity contribution is 5.84. The number of carbonyl (C=O) groups excluding carboxylic acids is 1. The third-order valence-electron chi connectivity index (χ3n) is 4.03. The van der Waals surface area contributed by atoms with E-state index in [1.807, 2.05) is 62.4 Å². The predicted octanol–water partition coefficient (Wildman–Crippen LogP) is 3.76. The van der Waals surface area contributed by atoms with E-state index >= 15 is 0 Å². The van der Waals surface area contributed by atoms with Crippen molar-refractivity contribution < 1.29 is 14.3 Å². The van der Waals surface area contributed by atoms with E-state index in [4.69, 9.17) is 9.47 Å². The minimum atomic E-state index is -0.242. The molecule has 1 amide bonds. The molecule has 0 aliphatic heterocycles. The van der Waals surface area contributed by atoms with Crippen LogP contribution in [0.5, 0.6) is 11.5 Å². The second-order valence-electron chi connectivity index (χ2n) is 6.04. The van der Waals surface area contributed by atoms with E-state index in [-0.39, 0.29) is 17.7 Å². The van der Waals surface area contributed by atoms with Crippen molar-refractivity contribution in [3.05, 3.63) is 59.7 Å². The molecule has 0 fully saturated rings. The molecule has 24 heavy (non-hydrogen) atoms. The first-order valence-corrected chi connectivity index (χ1v) is 8.10. The van der Waals surface area contributed by atoms with Crippen molar-refractivity contribution in [1.82, 2.24) is 5.32 Å². The number of amides is 1. The Bertz CT molecular complexity index is 668. The van der Waals surface area contributed by atoms with Gasteiger partial charge < -0.3 is 14.8 Å². The quantitative estimate of drug-likeness (QED) is 0.842. The van der Waals surface area contributed by atoms with Crippen molar-refractivity contribution in [2.24, 2.45) is 5.92 Å². The fourth-order valence-corrected chi connectivity index (χ4v) is 2.78. The number of hydrogen-bond acceptors (Lipinski definition) is 3. The molecule has 0 bridgehead atoms. The summed E-state index contributed by atoms with van der Waals surface area (Å²) in [7, 11) is 3.20. The number of carbonyl (C=O) groups is 1. The molecule has 0 radical (unpaired) electrons. The van der Waals surface area contributed by atoms with Crippen LogP contribution in [0.25, 0.3) is 0 Å². The van der Waals surface area contributed by atoms with Gasteiger partial charge in [-0.15, -0.1) is 0 Å². The molecule has 0 saturated heterocycles. The standard InChI is InChI=1S/C20H25NO3/c1-14(2)19(16-10-11-17(23-3)18(12-16)24-4)20(22)21-13-15-8-6-5-7-9-15/h5-12,14,19H,13H2,1-4H3,(H,21,22). The Labute approximate surface area is 143 Å². The van der Waals surface area contributed by atoms with Crippen LogP contribution >= 0.6 is 0 Å². The Morgan fingerprint density at radius 1 is 1.00 bits per heavy atom. The highest BCUT2D eigenvalue weighted by Gasteiger charge is 2.25. The smallest absolute Gasteiger partial charge is 0.228 e. The summed E-state index contributed by atoms with van der Waals surface area (Å²) in [6, 6.07) is 15.5. The average Bonchev–Trinajstić information content (AvgIpc) is 2.60. The molecular formula is C20H25NO3. The second-order valence-corrected chi connectivity index (χ2v) is 6.04. The van der Waals surface area contributed by atoms with E-state index in [9.17, 15) is 4.79 Å². The summed E-state index contributed by atoms with van der Waals surface area (Å²) in [6.07, 6.45) is 0. The Kier molecular flexibility index (Phi) is 6.24. The van der Waals surface area contributed by atoms with Crippen LogP contribution in [0, 0.1) is 5.92 Å². The monoisotopic (exact) mass is 327 g/mol. The van der Waals surface area contributed by atoms with Gasteiger partial charge in [0.05, 0.1) is 20.1 Å². The minimum Gasteiger partial charge on any atom is -0.493 e. The van der Waals surface area contributed by atoms with Gasteiger partial charge in [0.1, 0.15) is 0 Å². The van der Waals surface area contributed by atoms with Gasteiger partial charge in [0.15, 0.2) is 11.5 Å². The summed E-state index contributed by atoms with van der Waals surface area (Å²) in [5, 5.41) is 3.03. The first kappa shape index (κ1) is 17.9. The largest absolute Gasteiger partial charge is 0.493 e. The number of benzene rings is 2. The van der Waals surface area contributed by atoms with E-state index in [2.05, 4.69) is 5.32 Å². The molecule has 2 aromatic rings. The molecule has 2 aromatic carbocycles. The lowest BCUT2D eigenvalue weighted by atomic mass is 9.87. The number of nitrogens with one attached hydrogen (secondary N) is 1. The number of methoxy groups -OCH3 is 2. The van der Waals surface area contributed by atoms with Crippen LogP contribution in [0.15, 0.2) is 48.5 Å². The van der Waals surface area contributed by atoms with Crippen molar-refractivity contribution >= 4 is 5.91 Å². The molecule has 0 aliphatic rings. The maximum Gasteiger partial charge on any atom is 0.228 e. The zero-order valence-electron chi connectivity index (χ0n) is 14.7. The molecule has 4 nitrogen and oxygen atoms in total. The molecule has 1 N–H and O–H groups in total. The van der Waals surface area contributed by atoms with Crippen molar-refractivity contribution in [1.29, 1.82) is 0 Å². The third-order valence-corrected chi connectivity index (χ3v) is 4.03. The molecule has 0 aromatic heterocycles. The Morgan fingerprint density at radius 3 is 2.25 bits per heavy atom. The Balaban J connectivity index is 2.18. The Hall–Kier alpha value is -2.49. The normalized spacial score (nSPS) is 11.9. The summed E-state index contributed by atoms with van der Waals surface area (Å²) >= 11 is 0. The first-order valence-electron chi connectivity index (χ1n) is 8.10. The first-order chi connectivity index (χ1) is 11.6. The van der Waals surface area contributed by atoms with Gasteiger partial charge in [-0.3, -0.25) is 4.79 Å². The summed E-state index contributed by atoms with van der Waals surface area (Å²) < 4.78 is 10.6. The van der Waals surface area contributed by atoms with Crippen molar-refractivity contribution in [3.8, 4) is 11.5 Å². The fraction of sp³-hybridized carbons (Fsp3) is 0.350. The van der Waals surface area contributed by atoms with Crippen LogP contribution < -0.4 is 14.8 Å². The van der Waals surface area contributed by atoms with Gasteiger partial charge in [0.2, 0.25) is 5.91 Å². The van der Waals surface area contributed by atoms with E-state index in [1.54, 1.807) is 14.2 Å². The zero-order chi connectivity index (χ0) is 17.5. The summed E-state index contributed by atoms with van der Waals surface area (Å²) in [6.45, 7) is 4.61. The molecule has 0 aliphatic carbocycles. The van der Waals surface area contributed by atoms with E-state index in [0.717, 1.165) is 11.1 Å². The number of rotatable bonds is 7. The van der Waals surface area contributed by atoms with Crippen LogP contribution in [0.3, 0.4) is 0 Å². The number of ether oxygens (including phenoxy) is 2. The molecule has 2 rings (SSSR count). The molecule has 0 heterocycles. The van der Waals surface area contributed by atoms with Gasteiger partial charge in [-0.1, -0.05) is 50.2 Å². The average molecular weight is 327 g/mol. The summed E-state index contributed by atoms with van der Waals surface area (Å²) in [5.41, 5.74) is 2.01. The molecule has 0 spiro atoms. The lowest BCUT2D eigenvalue weighted by molar-refractivity contribution is -0.123. The van der Waals surface area contributed by atoms with E-state index in [0.29, 0.717) is 18.0 Å². The van der Waals surface area contributed by atoms with Crippen LogP contribution in [0.2, 0.25) is 0 Å². The summed E-state index contributed by atoms with van der Waals surface area (Å²) in [4.78, 5) is 12.7. The van der Waals surface area contributed by atoms with E-state index < -0.39 is 0 Å². The van der Waals surface area contributed by atoms with Crippen LogP contribution in [0.1, 0.15) is 30.9 Å². The van der Waals surface area contributed by atoms with Crippen molar-refractivity contribution in [3.63, 3.8) is 0 Å². The molecule has 0 saturated carbocycles. The van der Waals surface area contributed by atoms with Gasteiger partial charge >= 0.3 is 0 Å². The molecule has 1 atom stereocenters. The molecule has 4 heteroatoms. The van der Waals surface area contributed by atoms with Crippen LogP contribution in [-0.2, 0) is 11.3 Å². The number of hydrogen-bond donors (Lipinski definition) is 1. The van der Waals surface area contributed by atoms with Crippen LogP contribution in [0.4, 0.5) is 0 Å². The van der Waals surface area contributed by atoms with Crippen molar-refractivity contribution in [2.45, 2.75) is 26.3 Å². The highest BCUT2D eigenvalue weighted by atomic mass is 16.5. The molecule has 1 unspecified atom stereocenters. The maximum atomic E-state index is 12.7. The SMILES string of the molecule is COc1ccc(C(C(=O)NCc2ccccc2)C(C)C)cc1OC. The topological polar surface area (TPSA) is 47.6 Å². The molecule has 128 valence electrons. The maximum absolute atomic E-state index is 12.7. The minimum absolute atomic E-state index is 0.0149. The van der Waals surface area contributed by atoms with E-state index in [1.165, 1.54) is 0 Å². The van der Waals surface area contributed by atoms with Gasteiger partial charge in [-0.2, -0.15) is 0 Å². The summed E-state index contributed by atoms with van der Waals surface area (Å²) in [5.74, 6) is 1.23. The molecular weight excluding hydrogens is 302 g/mol. The lowest BCUT2D eigenvalue weighted by Crippen LogP contribution is -2.31. The fourth-order valence-electron chi connectivity index (χ4n) is 2.78. The third kappa shape index (κ3) is 4.28. The second kappa shape index (κ2) is 8.39. The predicted molar refractivity (Wildman–Crippen MR) is 95.4 cm³/mol. The van der Waals surface area contributed by atoms with Gasteiger partial charge in [0, 0.05) is 6.54 Å². The van der Waals surface area contributed by atoms with Crippen molar-refractivity contribution in [2.75, 3.05) is 14.2 Å². The van der Waals surface area contributed by atoms with Gasteiger partial charge in [-0.25, -0.2) is 0 Å². The Morgan fingerprint density at radius 2 is 1.67 bits per heavy atom. The van der Waals surface area contributed by atoms with Gasteiger partial charge in [-0.05, 0) is 29.2 Å². The lowest BCUT2D eigenvalue weighted by Gasteiger charge is -2.22. The highest BCUT2D eigenvalue weighted by Crippen LogP contribution is 2.33. The van der Waals surface area contributed by atoms with Crippen LogP contribution in [-0.4, -0.2) is 20.1 Å². The van der Waals surface area contributed by atoms with Gasteiger partial charge in [0.25, 0.3) is 0 Å².